The van der Waals surface area contributed by atoms with Crippen molar-refractivity contribution in [3.05, 3.63) is 51.2 Å². The van der Waals surface area contributed by atoms with Crippen LogP contribution in [0.5, 0.6) is 0 Å². The minimum atomic E-state index is -0.841. The normalized spacial score (nSPS) is 17.5. The van der Waals surface area contributed by atoms with Gasteiger partial charge in [0.2, 0.25) is 0 Å². The van der Waals surface area contributed by atoms with Crippen LogP contribution >= 0.6 is 11.3 Å². The monoisotopic (exact) mass is 357 g/mol. The molecule has 3 rings (SSSR count). The molecule has 0 spiro atoms. The zero-order chi connectivity index (χ0) is 18.0. The van der Waals surface area contributed by atoms with E-state index in [0.717, 1.165) is 24.8 Å². The number of benzene rings is 1. The molecule has 0 saturated heterocycles. The van der Waals surface area contributed by atoms with Gasteiger partial charge in [0.15, 0.2) is 6.10 Å². The fourth-order valence-corrected chi connectivity index (χ4v) is 4.05. The van der Waals surface area contributed by atoms with Gasteiger partial charge in [-0.05, 0) is 62.8 Å². The summed E-state index contributed by atoms with van der Waals surface area (Å²) in [4.78, 5) is 26.5. The van der Waals surface area contributed by atoms with Crippen LogP contribution in [0.3, 0.4) is 0 Å². The molecule has 0 fully saturated rings. The lowest BCUT2D eigenvalue weighted by atomic mass is 9.90. The topological polar surface area (TPSA) is 55.4 Å². The number of fused-ring (bicyclic) bond motifs is 1. The van der Waals surface area contributed by atoms with Gasteiger partial charge in [0.25, 0.3) is 5.91 Å². The molecule has 4 nitrogen and oxygen atoms in total. The third-order valence-corrected chi connectivity index (χ3v) is 5.72. The van der Waals surface area contributed by atoms with Crippen molar-refractivity contribution < 1.29 is 14.3 Å². The Morgan fingerprint density at radius 1 is 1.28 bits per heavy atom. The van der Waals surface area contributed by atoms with Crippen molar-refractivity contribution in [1.29, 1.82) is 0 Å². The van der Waals surface area contributed by atoms with E-state index < -0.39 is 12.1 Å². The summed E-state index contributed by atoms with van der Waals surface area (Å²) in [6.45, 7) is 5.81. The number of esters is 1. The van der Waals surface area contributed by atoms with Crippen LogP contribution in [0.15, 0.2) is 30.3 Å². The minimum absolute atomic E-state index is 0.327. The van der Waals surface area contributed by atoms with E-state index in [1.165, 1.54) is 21.8 Å². The van der Waals surface area contributed by atoms with Crippen LogP contribution in [0.2, 0.25) is 0 Å². The quantitative estimate of drug-likeness (QED) is 0.827. The van der Waals surface area contributed by atoms with Gasteiger partial charge in [-0.1, -0.05) is 24.6 Å². The first-order chi connectivity index (χ1) is 11.9. The fourth-order valence-electron chi connectivity index (χ4n) is 2.96. The highest BCUT2D eigenvalue weighted by atomic mass is 32.1. The van der Waals surface area contributed by atoms with Crippen LogP contribution < -0.4 is 5.32 Å². The Morgan fingerprint density at radius 3 is 2.72 bits per heavy atom. The number of hydrogen-bond acceptors (Lipinski definition) is 4. The largest absolute Gasteiger partial charge is 0.448 e. The highest BCUT2D eigenvalue weighted by Crippen LogP contribution is 2.32. The molecule has 0 unspecified atom stereocenters. The lowest BCUT2D eigenvalue weighted by molar-refractivity contribution is -0.123. The molecular formula is C20H23NO3S. The number of anilines is 1. The molecule has 1 aliphatic rings. The molecule has 25 heavy (non-hydrogen) atoms. The number of carbonyl (C=O) groups excluding carboxylic acids is 2. The molecule has 5 heteroatoms. The predicted molar refractivity (Wildman–Crippen MR) is 100 cm³/mol. The molecule has 1 heterocycles. The molecule has 1 aromatic carbocycles. The lowest BCUT2D eigenvalue weighted by Crippen LogP contribution is -2.29. The van der Waals surface area contributed by atoms with Gasteiger partial charge in [0.1, 0.15) is 4.88 Å². The minimum Gasteiger partial charge on any atom is -0.448 e. The number of thiophene rings is 1. The van der Waals surface area contributed by atoms with E-state index in [4.69, 9.17) is 4.74 Å². The molecule has 1 aliphatic carbocycles. The summed E-state index contributed by atoms with van der Waals surface area (Å²) < 4.78 is 5.36. The van der Waals surface area contributed by atoms with E-state index >= 15 is 0 Å². The Bertz CT molecular complexity index is 779. The van der Waals surface area contributed by atoms with Crippen LogP contribution in [0.1, 0.15) is 45.9 Å². The summed E-state index contributed by atoms with van der Waals surface area (Å²) in [5, 5.41) is 2.77. The fraction of sp³-hybridized carbons (Fsp3) is 0.400. The summed E-state index contributed by atoms with van der Waals surface area (Å²) in [6, 6.07) is 9.43. The second-order valence-corrected chi connectivity index (χ2v) is 7.95. The van der Waals surface area contributed by atoms with Crippen molar-refractivity contribution in [3.63, 3.8) is 0 Å². The number of nitrogens with one attached hydrogen (secondary N) is 1. The Kier molecular flexibility index (Phi) is 5.23. The van der Waals surface area contributed by atoms with Gasteiger partial charge in [-0.2, -0.15) is 0 Å². The second kappa shape index (κ2) is 7.40. The van der Waals surface area contributed by atoms with Gasteiger partial charge in [-0.25, -0.2) is 4.79 Å². The molecule has 0 aliphatic heterocycles. The van der Waals surface area contributed by atoms with E-state index in [0.29, 0.717) is 16.5 Å². The maximum absolute atomic E-state index is 12.4. The Hall–Kier alpha value is -2.14. The summed E-state index contributed by atoms with van der Waals surface area (Å²) in [7, 11) is 0. The molecule has 1 N–H and O–H groups in total. The predicted octanol–water partition coefficient (Wildman–Crippen LogP) is 4.37. The van der Waals surface area contributed by atoms with Crippen LogP contribution in [0, 0.1) is 12.8 Å². The SMILES string of the molecule is Cc1ccc(NC(=O)[C@@H](C)OC(=O)c2cc3c(s2)CC[C@@H](C)C3)cc1. The van der Waals surface area contributed by atoms with Gasteiger partial charge in [0.05, 0.1) is 0 Å². The molecule has 0 saturated carbocycles. The van der Waals surface area contributed by atoms with Gasteiger partial charge in [0, 0.05) is 10.6 Å². The van der Waals surface area contributed by atoms with E-state index in [9.17, 15) is 9.59 Å². The summed E-state index contributed by atoms with van der Waals surface area (Å²) in [5.74, 6) is -0.0871. The van der Waals surface area contributed by atoms with Crippen LogP contribution in [-0.4, -0.2) is 18.0 Å². The second-order valence-electron chi connectivity index (χ2n) is 6.81. The van der Waals surface area contributed by atoms with Crippen molar-refractivity contribution >= 4 is 28.9 Å². The van der Waals surface area contributed by atoms with Gasteiger partial charge >= 0.3 is 5.97 Å². The summed E-state index contributed by atoms with van der Waals surface area (Å²) in [5.41, 5.74) is 3.07. The smallest absolute Gasteiger partial charge is 0.349 e. The van der Waals surface area contributed by atoms with Crippen molar-refractivity contribution in [3.8, 4) is 0 Å². The van der Waals surface area contributed by atoms with Crippen LogP contribution in [0.25, 0.3) is 0 Å². The maximum atomic E-state index is 12.4. The Labute approximate surface area is 152 Å². The summed E-state index contributed by atoms with van der Waals surface area (Å²) in [6.07, 6.45) is 2.37. The number of hydrogen-bond donors (Lipinski definition) is 1. The van der Waals surface area contributed by atoms with E-state index in [-0.39, 0.29) is 5.91 Å². The highest BCUT2D eigenvalue weighted by molar-refractivity contribution is 7.14. The first kappa shape index (κ1) is 17.7. The van der Waals surface area contributed by atoms with Gasteiger partial charge < -0.3 is 10.1 Å². The number of amides is 1. The number of aryl methyl sites for hydroxylation is 2. The lowest BCUT2D eigenvalue weighted by Gasteiger charge is -2.16. The highest BCUT2D eigenvalue weighted by Gasteiger charge is 2.24. The van der Waals surface area contributed by atoms with Crippen molar-refractivity contribution in [1.82, 2.24) is 0 Å². The molecule has 2 atom stereocenters. The Morgan fingerprint density at radius 2 is 2.00 bits per heavy atom. The molecule has 2 aromatic rings. The van der Waals surface area contributed by atoms with E-state index in [1.54, 1.807) is 6.92 Å². The molecule has 0 bridgehead atoms. The molecule has 1 aromatic heterocycles. The van der Waals surface area contributed by atoms with Crippen LogP contribution in [-0.2, 0) is 22.4 Å². The molecular weight excluding hydrogens is 334 g/mol. The van der Waals surface area contributed by atoms with Crippen molar-refractivity contribution in [2.45, 2.75) is 46.1 Å². The zero-order valence-corrected chi connectivity index (χ0v) is 15.6. The average Bonchev–Trinajstić information content (AvgIpc) is 3.00. The average molecular weight is 357 g/mol. The summed E-state index contributed by atoms with van der Waals surface area (Å²) >= 11 is 1.50. The standard InChI is InChI=1S/C20H23NO3S/c1-12-4-7-16(8-5-12)21-19(22)14(3)24-20(23)18-11-15-10-13(2)6-9-17(15)25-18/h4-5,7-8,11,13-14H,6,9-10H2,1-3H3,(H,21,22)/t13-,14-/m1/s1. The number of carbonyl (C=O) groups is 2. The first-order valence-electron chi connectivity index (χ1n) is 8.62. The van der Waals surface area contributed by atoms with Crippen molar-refractivity contribution in [2.75, 3.05) is 5.32 Å². The zero-order valence-electron chi connectivity index (χ0n) is 14.8. The Balaban J connectivity index is 1.60. The van der Waals surface area contributed by atoms with Gasteiger partial charge in [-0.15, -0.1) is 11.3 Å². The van der Waals surface area contributed by atoms with E-state index in [1.807, 2.05) is 37.3 Å². The maximum Gasteiger partial charge on any atom is 0.349 e. The van der Waals surface area contributed by atoms with Crippen molar-refractivity contribution in [2.24, 2.45) is 5.92 Å². The third kappa shape index (κ3) is 4.28. The molecule has 0 radical (unpaired) electrons. The van der Waals surface area contributed by atoms with Gasteiger partial charge in [-0.3, -0.25) is 4.79 Å². The molecule has 1 amide bonds. The number of rotatable bonds is 4. The first-order valence-corrected chi connectivity index (χ1v) is 9.44. The van der Waals surface area contributed by atoms with Crippen LogP contribution in [0.4, 0.5) is 5.69 Å². The third-order valence-electron chi connectivity index (χ3n) is 4.50. The molecule has 132 valence electrons. The number of ether oxygens (including phenoxy) is 1. The van der Waals surface area contributed by atoms with E-state index in [2.05, 4.69) is 12.2 Å².